The second-order valence-electron chi connectivity index (χ2n) is 6.51. The van der Waals surface area contributed by atoms with Crippen molar-refractivity contribution in [3.8, 4) is 0 Å². The molecule has 2 fully saturated rings. The average Bonchev–Trinajstić information content (AvgIpc) is 3.19. The number of aldehydes is 1. The molecule has 1 aliphatic carbocycles. The molecule has 0 radical (unpaired) electrons. The Balaban J connectivity index is 1.56. The monoisotopic (exact) mass is 296 g/mol. The Hall–Kier alpha value is -2.17. The molecule has 1 saturated carbocycles. The van der Waals surface area contributed by atoms with Crippen LogP contribution in [0.4, 0.5) is 5.82 Å². The van der Waals surface area contributed by atoms with Crippen molar-refractivity contribution in [3.05, 3.63) is 41.6 Å². The molecule has 5 nitrogen and oxygen atoms in total. The molecule has 2 aromatic rings. The second kappa shape index (κ2) is 4.93. The van der Waals surface area contributed by atoms with E-state index in [4.69, 9.17) is 0 Å². The number of nitrogens with zero attached hydrogens (tertiary/aromatic N) is 4. The summed E-state index contributed by atoms with van der Waals surface area (Å²) in [5.41, 5.74) is 2.09. The van der Waals surface area contributed by atoms with Gasteiger partial charge in [0.1, 0.15) is 17.3 Å². The summed E-state index contributed by atoms with van der Waals surface area (Å²) in [5, 5.41) is 0. The Labute approximate surface area is 130 Å². The number of anilines is 1. The Morgan fingerprint density at radius 2 is 2.14 bits per heavy atom. The summed E-state index contributed by atoms with van der Waals surface area (Å²) in [5.74, 6) is 1.96. The molecule has 0 amide bonds. The second-order valence-corrected chi connectivity index (χ2v) is 6.51. The molecule has 2 aromatic heterocycles. The van der Waals surface area contributed by atoms with E-state index in [9.17, 15) is 4.79 Å². The van der Waals surface area contributed by atoms with Gasteiger partial charge in [-0.05, 0) is 18.9 Å². The number of carbonyl (C=O) groups excluding carboxylic acids is 1. The van der Waals surface area contributed by atoms with Crippen molar-refractivity contribution in [2.45, 2.75) is 32.7 Å². The van der Waals surface area contributed by atoms with E-state index in [-0.39, 0.29) is 0 Å². The highest BCUT2D eigenvalue weighted by Crippen LogP contribution is 2.53. The van der Waals surface area contributed by atoms with Crippen LogP contribution in [0.2, 0.25) is 0 Å². The molecule has 1 spiro atoms. The lowest BCUT2D eigenvalue weighted by Gasteiger charge is -2.41. The van der Waals surface area contributed by atoms with E-state index in [0.717, 1.165) is 43.0 Å². The molecule has 2 aliphatic rings. The van der Waals surface area contributed by atoms with Crippen LogP contribution in [-0.4, -0.2) is 33.9 Å². The molecule has 0 atom stereocenters. The third kappa shape index (κ3) is 2.21. The minimum Gasteiger partial charge on any atom is -0.355 e. The van der Waals surface area contributed by atoms with Gasteiger partial charge in [-0.25, -0.2) is 9.97 Å². The van der Waals surface area contributed by atoms with E-state index < -0.39 is 0 Å². The first-order chi connectivity index (χ1) is 10.7. The Kier molecular flexibility index (Phi) is 3.03. The summed E-state index contributed by atoms with van der Waals surface area (Å²) in [4.78, 5) is 22.6. The van der Waals surface area contributed by atoms with E-state index in [2.05, 4.69) is 26.4 Å². The van der Waals surface area contributed by atoms with Crippen molar-refractivity contribution in [1.29, 1.82) is 0 Å². The van der Waals surface area contributed by atoms with Crippen molar-refractivity contribution < 1.29 is 4.79 Å². The van der Waals surface area contributed by atoms with Crippen molar-refractivity contribution in [2.24, 2.45) is 5.41 Å². The van der Waals surface area contributed by atoms with E-state index >= 15 is 0 Å². The highest BCUT2D eigenvalue weighted by Gasteiger charge is 2.52. The van der Waals surface area contributed by atoms with Crippen molar-refractivity contribution in [2.75, 3.05) is 18.0 Å². The number of pyridine rings is 1. The van der Waals surface area contributed by atoms with Gasteiger partial charge in [0.05, 0.1) is 6.54 Å². The molecule has 5 heteroatoms. The number of hydrogen-bond acceptors (Lipinski definition) is 4. The van der Waals surface area contributed by atoms with Crippen molar-refractivity contribution in [3.63, 3.8) is 0 Å². The maximum Gasteiger partial charge on any atom is 0.168 e. The largest absolute Gasteiger partial charge is 0.355 e. The summed E-state index contributed by atoms with van der Waals surface area (Å²) >= 11 is 0. The predicted molar refractivity (Wildman–Crippen MR) is 84.2 cm³/mol. The molecular weight excluding hydrogens is 276 g/mol. The highest BCUT2D eigenvalue weighted by atomic mass is 16.1. The van der Waals surface area contributed by atoms with Gasteiger partial charge in [-0.1, -0.05) is 13.0 Å². The first kappa shape index (κ1) is 13.5. The number of rotatable bonds is 5. The van der Waals surface area contributed by atoms with Gasteiger partial charge in [0, 0.05) is 42.9 Å². The van der Waals surface area contributed by atoms with Crippen molar-refractivity contribution >= 4 is 12.1 Å². The maximum atomic E-state index is 11.4. The van der Waals surface area contributed by atoms with Crippen LogP contribution in [0.3, 0.4) is 0 Å². The van der Waals surface area contributed by atoms with Gasteiger partial charge in [-0.2, -0.15) is 0 Å². The summed E-state index contributed by atoms with van der Waals surface area (Å²) in [6, 6.07) is 4.07. The standard InChI is InChI=1S/C17H20N4O/c1-2-15-18-7-8-20(15)9-13-3-4-16(19-14(13)10-22)21-11-17(12-21)5-6-17/h3-4,7-8,10H,2,5-6,9,11-12H2,1H3. The van der Waals surface area contributed by atoms with Crippen LogP contribution in [0, 0.1) is 5.41 Å². The van der Waals surface area contributed by atoms with Crippen LogP contribution in [0.15, 0.2) is 24.5 Å². The summed E-state index contributed by atoms with van der Waals surface area (Å²) in [6.45, 7) is 4.92. The zero-order valence-electron chi connectivity index (χ0n) is 12.8. The number of aromatic nitrogens is 3. The normalized spacial score (nSPS) is 18.3. The first-order valence-corrected chi connectivity index (χ1v) is 7.93. The molecular formula is C17H20N4O. The summed E-state index contributed by atoms with van der Waals surface area (Å²) in [7, 11) is 0. The third-order valence-corrected chi connectivity index (χ3v) is 4.90. The van der Waals surface area contributed by atoms with E-state index in [1.165, 1.54) is 12.8 Å². The van der Waals surface area contributed by atoms with Crippen molar-refractivity contribution in [1.82, 2.24) is 14.5 Å². The van der Waals surface area contributed by atoms with Gasteiger partial charge < -0.3 is 9.47 Å². The van der Waals surface area contributed by atoms with Gasteiger partial charge in [0.25, 0.3) is 0 Å². The zero-order chi connectivity index (χ0) is 15.2. The SMILES string of the molecule is CCc1nccn1Cc1ccc(N2CC3(CC3)C2)nc1C=O. The van der Waals surface area contributed by atoms with Gasteiger partial charge in [-0.3, -0.25) is 4.79 Å². The Bertz CT molecular complexity index is 709. The molecule has 0 N–H and O–H groups in total. The fourth-order valence-corrected chi connectivity index (χ4v) is 3.31. The Morgan fingerprint density at radius 1 is 1.32 bits per heavy atom. The molecule has 1 aliphatic heterocycles. The molecule has 4 rings (SSSR count). The lowest BCUT2D eigenvalue weighted by Crippen LogP contribution is -2.48. The smallest absolute Gasteiger partial charge is 0.168 e. The van der Waals surface area contributed by atoms with Gasteiger partial charge in [0.2, 0.25) is 0 Å². The first-order valence-electron chi connectivity index (χ1n) is 7.93. The fourth-order valence-electron chi connectivity index (χ4n) is 3.31. The molecule has 3 heterocycles. The minimum atomic E-state index is 0.546. The van der Waals surface area contributed by atoms with Crippen LogP contribution in [0.25, 0.3) is 0 Å². The number of carbonyl (C=O) groups is 1. The van der Waals surface area contributed by atoms with E-state index in [1.54, 1.807) is 6.20 Å². The molecule has 22 heavy (non-hydrogen) atoms. The minimum absolute atomic E-state index is 0.546. The van der Waals surface area contributed by atoms with E-state index in [0.29, 0.717) is 17.7 Å². The molecule has 1 saturated heterocycles. The van der Waals surface area contributed by atoms with Crippen LogP contribution < -0.4 is 4.90 Å². The lowest BCUT2D eigenvalue weighted by molar-refractivity contribution is 0.111. The van der Waals surface area contributed by atoms with E-state index in [1.807, 2.05) is 18.3 Å². The third-order valence-electron chi connectivity index (χ3n) is 4.90. The van der Waals surface area contributed by atoms with Gasteiger partial charge in [-0.15, -0.1) is 0 Å². The van der Waals surface area contributed by atoms with Crippen LogP contribution in [0.5, 0.6) is 0 Å². The Morgan fingerprint density at radius 3 is 2.82 bits per heavy atom. The lowest BCUT2D eigenvalue weighted by atomic mass is 9.97. The van der Waals surface area contributed by atoms with Crippen LogP contribution in [0.1, 0.15) is 41.6 Å². The maximum absolute atomic E-state index is 11.4. The number of aryl methyl sites for hydroxylation is 1. The number of imidazole rings is 1. The average molecular weight is 296 g/mol. The molecule has 0 bridgehead atoms. The van der Waals surface area contributed by atoms with Gasteiger partial charge >= 0.3 is 0 Å². The highest BCUT2D eigenvalue weighted by molar-refractivity contribution is 5.75. The topological polar surface area (TPSA) is 51.0 Å². The molecule has 0 unspecified atom stereocenters. The molecule has 0 aromatic carbocycles. The number of hydrogen-bond donors (Lipinski definition) is 0. The molecule has 114 valence electrons. The zero-order valence-corrected chi connectivity index (χ0v) is 12.8. The summed E-state index contributed by atoms with van der Waals surface area (Å²) in [6.07, 6.45) is 8.20. The summed E-state index contributed by atoms with van der Waals surface area (Å²) < 4.78 is 2.08. The van der Waals surface area contributed by atoms with Crippen LogP contribution in [-0.2, 0) is 13.0 Å². The quantitative estimate of drug-likeness (QED) is 0.794. The van der Waals surface area contributed by atoms with Gasteiger partial charge in [0.15, 0.2) is 6.29 Å². The predicted octanol–water partition coefficient (Wildman–Crippen LogP) is 2.30. The van der Waals surface area contributed by atoms with Crippen LogP contribution >= 0.6 is 0 Å². The fraction of sp³-hybridized carbons (Fsp3) is 0.471.